The number of benzene rings is 1. The molecule has 4 aliphatic rings. The van der Waals surface area contributed by atoms with Crippen LogP contribution in [0.4, 0.5) is 5.95 Å². The SMILES string of the molecule is O=C(CCNC(=O)C12CC3CC(CC(C3)C1)C2)Nc1ncn(Cc2ccccc2)n1. The van der Waals surface area contributed by atoms with Gasteiger partial charge in [0.25, 0.3) is 0 Å². The van der Waals surface area contributed by atoms with Crippen molar-refractivity contribution in [2.45, 2.75) is 51.5 Å². The molecule has 0 unspecified atom stereocenters. The highest BCUT2D eigenvalue weighted by atomic mass is 16.2. The summed E-state index contributed by atoms with van der Waals surface area (Å²) in [6.07, 6.45) is 8.92. The summed E-state index contributed by atoms with van der Waals surface area (Å²) in [5.74, 6) is 2.49. The molecule has 1 heterocycles. The fraction of sp³-hybridized carbons (Fsp3) is 0.565. The first-order valence-electron chi connectivity index (χ1n) is 11.1. The van der Waals surface area contributed by atoms with Crippen molar-refractivity contribution >= 4 is 17.8 Å². The van der Waals surface area contributed by atoms with E-state index in [1.165, 1.54) is 19.3 Å². The zero-order chi connectivity index (χ0) is 20.6. The number of carbonyl (C=O) groups excluding carboxylic acids is 2. The molecule has 0 atom stereocenters. The van der Waals surface area contributed by atoms with Crippen molar-refractivity contribution in [3.63, 3.8) is 0 Å². The van der Waals surface area contributed by atoms with Gasteiger partial charge in [-0.05, 0) is 61.8 Å². The minimum atomic E-state index is -0.182. The van der Waals surface area contributed by atoms with Gasteiger partial charge in [0.05, 0.1) is 6.54 Å². The number of aromatic nitrogens is 3. The number of carbonyl (C=O) groups is 2. The van der Waals surface area contributed by atoms with Crippen molar-refractivity contribution in [1.29, 1.82) is 0 Å². The second kappa shape index (κ2) is 7.85. The highest BCUT2D eigenvalue weighted by Crippen LogP contribution is 2.60. The normalized spacial score (nSPS) is 29.0. The third kappa shape index (κ3) is 3.98. The lowest BCUT2D eigenvalue weighted by Crippen LogP contribution is -2.53. The van der Waals surface area contributed by atoms with Gasteiger partial charge in [-0.15, -0.1) is 5.10 Å². The summed E-state index contributed by atoms with van der Waals surface area (Å²) in [6, 6.07) is 9.97. The molecule has 4 fully saturated rings. The van der Waals surface area contributed by atoms with Gasteiger partial charge >= 0.3 is 0 Å². The Morgan fingerprint density at radius 3 is 2.37 bits per heavy atom. The summed E-state index contributed by atoms with van der Waals surface area (Å²) >= 11 is 0. The van der Waals surface area contributed by atoms with E-state index in [1.54, 1.807) is 11.0 Å². The largest absolute Gasteiger partial charge is 0.355 e. The van der Waals surface area contributed by atoms with E-state index in [1.807, 2.05) is 30.3 Å². The molecule has 2 N–H and O–H groups in total. The van der Waals surface area contributed by atoms with Crippen molar-refractivity contribution in [2.75, 3.05) is 11.9 Å². The number of nitrogens with zero attached hydrogens (tertiary/aromatic N) is 3. The Labute approximate surface area is 176 Å². The fourth-order valence-corrected chi connectivity index (χ4v) is 6.25. The molecule has 0 saturated heterocycles. The minimum absolute atomic E-state index is 0.164. The zero-order valence-corrected chi connectivity index (χ0v) is 17.2. The molecule has 1 aromatic carbocycles. The van der Waals surface area contributed by atoms with Gasteiger partial charge in [-0.3, -0.25) is 14.9 Å². The van der Waals surface area contributed by atoms with Gasteiger partial charge in [-0.2, -0.15) is 0 Å². The van der Waals surface area contributed by atoms with Crippen LogP contribution in [0.15, 0.2) is 36.7 Å². The molecule has 4 bridgehead atoms. The Bertz CT molecular complexity index is 887. The summed E-state index contributed by atoms with van der Waals surface area (Å²) in [4.78, 5) is 29.4. The molecule has 7 nitrogen and oxygen atoms in total. The van der Waals surface area contributed by atoms with Crippen LogP contribution in [0.25, 0.3) is 0 Å². The molecule has 7 heteroatoms. The minimum Gasteiger partial charge on any atom is -0.355 e. The number of nitrogens with one attached hydrogen (secondary N) is 2. The zero-order valence-electron chi connectivity index (χ0n) is 17.2. The number of hydrogen-bond donors (Lipinski definition) is 2. The van der Waals surface area contributed by atoms with Gasteiger partial charge in [0.2, 0.25) is 17.8 Å². The molecule has 30 heavy (non-hydrogen) atoms. The number of amides is 2. The maximum atomic E-state index is 12.9. The molecule has 4 saturated carbocycles. The average Bonchev–Trinajstić information content (AvgIpc) is 3.14. The lowest BCUT2D eigenvalue weighted by Gasteiger charge is -2.55. The highest BCUT2D eigenvalue weighted by Gasteiger charge is 2.54. The van der Waals surface area contributed by atoms with E-state index >= 15 is 0 Å². The molecular formula is C23H29N5O2. The van der Waals surface area contributed by atoms with Crippen molar-refractivity contribution < 1.29 is 9.59 Å². The summed E-state index contributed by atoms with van der Waals surface area (Å²) < 4.78 is 1.69. The molecule has 0 radical (unpaired) electrons. The Morgan fingerprint density at radius 2 is 1.70 bits per heavy atom. The lowest BCUT2D eigenvalue weighted by atomic mass is 9.49. The Balaban J connectivity index is 1.08. The van der Waals surface area contributed by atoms with Crippen LogP contribution in [0, 0.1) is 23.2 Å². The average molecular weight is 408 g/mol. The van der Waals surface area contributed by atoms with Gasteiger partial charge in [0, 0.05) is 18.4 Å². The Hall–Kier alpha value is -2.70. The molecule has 2 aromatic rings. The molecule has 2 amide bonds. The summed E-state index contributed by atoms with van der Waals surface area (Å²) in [5, 5.41) is 10.1. The van der Waals surface area contributed by atoms with E-state index in [-0.39, 0.29) is 23.7 Å². The van der Waals surface area contributed by atoms with Crippen LogP contribution >= 0.6 is 0 Å². The lowest BCUT2D eigenvalue weighted by molar-refractivity contribution is -0.146. The number of hydrogen-bond acceptors (Lipinski definition) is 4. The molecule has 6 rings (SSSR count). The van der Waals surface area contributed by atoms with Gasteiger partial charge < -0.3 is 5.32 Å². The van der Waals surface area contributed by atoms with Gasteiger partial charge in [-0.25, -0.2) is 9.67 Å². The number of rotatable bonds is 7. The Kier molecular flexibility index (Phi) is 5.05. The molecule has 4 aliphatic carbocycles. The maximum absolute atomic E-state index is 12.9. The quantitative estimate of drug-likeness (QED) is 0.738. The van der Waals surface area contributed by atoms with E-state index in [2.05, 4.69) is 20.7 Å². The molecule has 0 aliphatic heterocycles. The van der Waals surface area contributed by atoms with Crippen LogP contribution in [0.5, 0.6) is 0 Å². The van der Waals surface area contributed by atoms with Crippen LogP contribution in [0.3, 0.4) is 0 Å². The second-order valence-electron chi connectivity index (χ2n) is 9.50. The first-order chi connectivity index (χ1) is 14.6. The second-order valence-corrected chi connectivity index (χ2v) is 9.50. The summed E-state index contributed by atoms with van der Waals surface area (Å²) in [6.45, 7) is 0.960. The van der Waals surface area contributed by atoms with Crippen molar-refractivity contribution in [1.82, 2.24) is 20.1 Å². The van der Waals surface area contributed by atoms with Crippen molar-refractivity contribution in [2.24, 2.45) is 23.2 Å². The van der Waals surface area contributed by atoms with Crippen LogP contribution < -0.4 is 10.6 Å². The molecular weight excluding hydrogens is 378 g/mol. The maximum Gasteiger partial charge on any atom is 0.248 e. The van der Waals surface area contributed by atoms with Crippen molar-refractivity contribution in [3.05, 3.63) is 42.2 Å². The smallest absolute Gasteiger partial charge is 0.248 e. The molecule has 158 valence electrons. The molecule has 1 aromatic heterocycles. The third-order valence-corrected chi connectivity index (χ3v) is 7.13. The van der Waals surface area contributed by atoms with E-state index in [0.717, 1.165) is 42.6 Å². The predicted molar refractivity (Wildman–Crippen MR) is 112 cm³/mol. The van der Waals surface area contributed by atoms with Gasteiger partial charge in [0.15, 0.2) is 0 Å². The van der Waals surface area contributed by atoms with Crippen LogP contribution in [0.1, 0.15) is 50.5 Å². The molecule has 0 spiro atoms. The predicted octanol–water partition coefficient (Wildman–Crippen LogP) is 2.99. The van der Waals surface area contributed by atoms with Crippen LogP contribution in [0.2, 0.25) is 0 Å². The van der Waals surface area contributed by atoms with E-state index in [4.69, 9.17) is 0 Å². The fourth-order valence-electron chi connectivity index (χ4n) is 6.25. The van der Waals surface area contributed by atoms with E-state index in [9.17, 15) is 9.59 Å². The first-order valence-corrected chi connectivity index (χ1v) is 11.1. The van der Waals surface area contributed by atoms with E-state index < -0.39 is 0 Å². The van der Waals surface area contributed by atoms with Gasteiger partial charge in [0.1, 0.15) is 6.33 Å². The first kappa shape index (κ1) is 19.3. The third-order valence-electron chi connectivity index (χ3n) is 7.13. The van der Waals surface area contributed by atoms with Crippen LogP contribution in [-0.2, 0) is 16.1 Å². The monoisotopic (exact) mass is 407 g/mol. The standard InChI is InChI=1S/C23H29N5O2/c29-20(26-22-25-15-28(27-22)14-16-4-2-1-3-5-16)6-7-24-21(30)23-11-17-8-18(12-23)10-19(9-17)13-23/h1-5,15,17-19H,6-14H2,(H,24,30)(H,26,27,29). The summed E-state index contributed by atoms with van der Waals surface area (Å²) in [7, 11) is 0. The van der Waals surface area contributed by atoms with Crippen molar-refractivity contribution in [3.8, 4) is 0 Å². The Morgan fingerprint density at radius 1 is 1.03 bits per heavy atom. The van der Waals surface area contributed by atoms with E-state index in [0.29, 0.717) is 19.0 Å². The van der Waals surface area contributed by atoms with Crippen LogP contribution in [-0.4, -0.2) is 33.1 Å². The highest BCUT2D eigenvalue weighted by molar-refractivity contribution is 5.89. The topological polar surface area (TPSA) is 88.9 Å². The summed E-state index contributed by atoms with van der Waals surface area (Å²) in [5.41, 5.74) is 0.955. The number of anilines is 1. The van der Waals surface area contributed by atoms with Gasteiger partial charge in [-0.1, -0.05) is 30.3 Å².